The Hall–Kier alpha value is -2.07. The Bertz CT molecular complexity index is 471. The highest BCUT2D eigenvalue weighted by Crippen LogP contribution is 2.10. The minimum absolute atomic E-state index is 0.249. The van der Waals surface area contributed by atoms with Crippen LogP contribution in [0.5, 0.6) is 0 Å². The molecular weight excluding hydrogens is 238 g/mol. The first kappa shape index (κ1) is 13.0. The summed E-state index contributed by atoms with van der Waals surface area (Å²) >= 11 is 5.74. The van der Waals surface area contributed by atoms with Gasteiger partial charge in [-0.05, 0) is 17.7 Å². The Morgan fingerprint density at radius 2 is 1.82 bits per heavy atom. The first-order valence-corrected chi connectivity index (χ1v) is 5.19. The number of hydrogen-bond acceptors (Lipinski definition) is 1. The lowest BCUT2D eigenvalue weighted by Crippen LogP contribution is -2.23. The van der Waals surface area contributed by atoms with Gasteiger partial charge < -0.3 is 11.5 Å². The van der Waals surface area contributed by atoms with Crippen LogP contribution in [0.2, 0.25) is 5.02 Å². The lowest BCUT2D eigenvalue weighted by atomic mass is 10.2. The van der Waals surface area contributed by atoms with Crippen LogP contribution in [0, 0.1) is 0 Å². The zero-order valence-electron chi connectivity index (χ0n) is 9.01. The van der Waals surface area contributed by atoms with Gasteiger partial charge in [0.05, 0.1) is 0 Å². The van der Waals surface area contributed by atoms with Crippen LogP contribution in [-0.2, 0) is 4.79 Å². The van der Waals surface area contributed by atoms with Crippen molar-refractivity contribution in [3.63, 3.8) is 0 Å². The van der Waals surface area contributed by atoms with Crippen molar-refractivity contribution < 1.29 is 4.79 Å². The van der Waals surface area contributed by atoms with Gasteiger partial charge in [0.25, 0.3) is 5.91 Å². The number of aliphatic imine (C=N–C) groups is 1. The standard InChI is InChI=1S/C12H12ClN3O/c13-10-7-5-9(6-8-10)3-1-2-4-11(17)16-12(14)15/h1-8H,(H4,14,15,16,17). The lowest BCUT2D eigenvalue weighted by Gasteiger charge is -1.91. The quantitative estimate of drug-likeness (QED) is 0.370. The number of rotatable bonds is 3. The first-order chi connectivity index (χ1) is 8.08. The van der Waals surface area contributed by atoms with Crippen molar-refractivity contribution in [2.75, 3.05) is 0 Å². The smallest absolute Gasteiger partial charge is 0.272 e. The van der Waals surface area contributed by atoms with Gasteiger partial charge in [0.2, 0.25) is 0 Å². The molecule has 1 rings (SSSR count). The van der Waals surface area contributed by atoms with Gasteiger partial charge in [0, 0.05) is 11.1 Å². The van der Waals surface area contributed by atoms with Crippen molar-refractivity contribution in [2.24, 2.45) is 16.5 Å². The largest absolute Gasteiger partial charge is 0.370 e. The van der Waals surface area contributed by atoms with Gasteiger partial charge >= 0.3 is 0 Å². The maximum atomic E-state index is 11.0. The average molecular weight is 250 g/mol. The van der Waals surface area contributed by atoms with Crippen LogP contribution in [-0.4, -0.2) is 11.9 Å². The van der Waals surface area contributed by atoms with E-state index in [2.05, 4.69) is 4.99 Å². The van der Waals surface area contributed by atoms with Gasteiger partial charge in [-0.3, -0.25) is 4.79 Å². The fourth-order valence-electron chi connectivity index (χ4n) is 1.04. The monoisotopic (exact) mass is 249 g/mol. The van der Waals surface area contributed by atoms with E-state index in [1.165, 1.54) is 6.08 Å². The molecule has 0 spiro atoms. The van der Waals surface area contributed by atoms with Crippen LogP contribution in [0.3, 0.4) is 0 Å². The second-order valence-corrected chi connectivity index (χ2v) is 3.58. The molecule has 0 aliphatic rings. The fourth-order valence-corrected chi connectivity index (χ4v) is 1.17. The number of nitrogens with two attached hydrogens (primary N) is 2. The normalized spacial score (nSPS) is 10.9. The predicted molar refractivity (Wildman–Crippen MR) is 70.4 cm³/mol. The molecule has 0 saturated carbocycles. The van der Waals surface area contributed by atoms with Crippen molar-refractivity contribution in [1.29, 1.82) is 0 Å². The van der Waals surface area contributed by atoms with Gasteiger partial charge in [-0.15, -0.1) is 0 Å². The van der Waals surface area contributed by atoms with E-state index in [4.69, 9.17) is 23.1 Å². The van der Waals surface area contributed by atoms with Crippen LogP contribution < -0.4 is 11.5 Å². The van der Waals surface area contributed by atoms with Crippen LogP contribution >= 0.6 is 11.6 Å². The zero-order chi connectivity index (χ0) is 12.7. The molecule has 0 aliphatic heterocycles. The summed E-state index contributed by atoms with van der Waals surface area (Å²) in [6, 6.07) is 7.31. The number of nitrogens with zero attached hydrogens (tertiary/aromatic N) is 1. The van der Waals surface area contributed by atoms with Crippen molar-refractivity contribution in [3.05, 3.63) is 53.1 Å². The zero-order valence-corrected chi connectivity index (χ0v) is 9.76. The number of benzene rings is 1. The molecule has 0 aromatic heterocycles. The fraction of sp³-hybridized carbons (Fsp3) is 0. The molecule has 0 atom stereocenters. The maximum absolute atomic E-state index is 11.0. The molecule has 4 nitrogen and oxygen atoms in total. The Balaban J connectivity index is 2.56. The Morgan fingerprint density at radius 1 is 1.18 bits per heavy atom. The number of allylic oxidation sites excluding steroid dienone is 2. The molecular formula is C12H12ClN3O. The molecule has 0 unspecified atom stereocenters. The van der Waals surface area contributed by atoms with Gasteiger partial charge in [-0.2, -0.15) is 4.99 Å². The molecule has 0 radical (unpaired) electrons. The summed E-state index contributed by atoms with van der Waals surface area (Å²) in [7, 11) is 0. The summed E-state index contributed by atoms with van der Waals surface area (Å²) in [4.78, 5) is 14.4. The van der Waals surface area contributed by atoms with Gasteiger partial charge in [-0.25, -0.2) is 0 Å². The first-order valence-electron chi connectivity index (χ1n) is 4.82. The maximum Gasteiger partial charge on any atom is 0.272 e. The summed E-state index contributed by atoms with van der Waals surface area (Å²) in [5, 5.41) is 0.681. The molecule has 1 aromatic carbocycles. The molecule has 4 N–H and O–H groups in total. The van der Waals surface area contributed by atoms with Crippen molar-refractivity contribution in [3.8, 4) is 0 Å². The highest BCUT2D eigenvalue weighted by atomic mass is 35.5. The molecule has 1 aromatic rings. The van der Waals surface area contributed by atoms with Gasteiger partial charge in [0.15, 0.2) is 5.96 Å². The Kier molecular flexibility index (Phi) is 4.97. The second-order valence-electron chi connectivity index (χ2n) is 3.14. The number of halogens is 1. The van der Waals surface area contributed by atoms with Crippen LogP contribution in [0.15, 0.2) is 47.5 Å². The van der Waals surface area contributed by atoms with E-state index in [0.29, 0.717) is 5.02 Å². The Morgan fingerprint density at radius 3 is 2.41 bits per heavy atom. The molecule has 0 heterocycles. The van der Waals surface area contributed by atoms with E-state index in [9.17, 15) is 4.79 Å². The van der Waals surface area contributed by atoms with Crippen LogP contribution in [0.1, 0.15) is 5.56 Å². The highest BCUT2D eigenvalue weighted by molar-refractivity contribution is 6.30. The molecule has 88 valence electrons. The van der Waals surface area contributed by atoms with Crippen molar-refractivity contribution in [2.45, 2.75) is 0 Å². The van der Waals surface area contributed by atoms with Gasteiger partial charge in [0.1, 0.15) is 0 Å². The molecule has 0 fully saturated rings. The molecule has 0 aliphatic carbocycles. The molecule has 0 bridgehead atoms. The molecule has 17 heavy (non-hydrogen) atoms. The highest BCUT2D eigenvalue weighted by Gasteiger charge is 1.90. The van der Waals surface area contributed by atoms with E-state index in [-0.39, 0.29) is 5.96 Å². The van der Waals surface area contributed by atoms with E-state index in [0.717, 1.165) is 5.56 Å². The number of carbonyl (C=O) groups is 1. The van der Waals surface area contributed by atoms with E-state index >= 15 is 0 Å². The van der Waals surface area contributed by atoms with E-state index < -0.39 is 5.91 Å². The van der Waals surface area contributed by atoms with E-state index in [1.54, 1.807) is 24.3 Å². The SMILES string of the molecule is NC(N)=NC(=O)C=CC=Cc1ccc(Cl)cc1. The molecule has 5 heteroatoms. The topological polar surface area (TPSA) is 81.5 Å². The summed E-state index contributed by atoms with van der Waals surface area (Å²) in [5.41, 5.74) is 11.1. The number of amides is 1. The number of guanidine groups is 1. The lowest BCUT2D eigenvalue weighted by molar-refractivity contribution is -0.113. The third-order valence-corrected chi connectivity index (χ3v) is 2.00. The van der Waals surface area contributed by atoms with Crippen LogP contribution in [0.25, 0.3) is 6.08 Å². The van der Waals surface area contributed by atoms with Crippen molar-refractivity contribution in [1.82, 2.24) is 0 Å². The minimum Gasteiger partial charge on any atom is -0.370 e. The number of carbonyl (C=O) groups excluding carboxylic acids is 1. The number of hydrogen-bond donors (Lipinski definition) is 2. The predicted octanol–water partition coefficient (Wildman–Crippen LogP) is 1.71. The Labute approximate surface area is 104 Å². The van der Waals surface area contributed by atoms with Crippen molar-refractivity contribution >= 4 is 29.5 Å². The molecule has 1 amide bonds. The summed E-state index contributed by atoms with van der Waals surface area (Å²) in [6.45, 7) is 0. The molecule has 0 saturated heterocycles. The third-order valence-electron chi connectivity index (χ3n) is 1.75. The second kappa shape index (κ2) is 6.50. The third kappa shape index (κ3) is 5.53. The summed E-state index contributed by atoms with van der Waals surface area (Å²) in [6.07, 6.45) is 6.37. The summed E-state index contributed by atoms with van der Waals surface area (Å²) < 4.78 is 0. The average Bonchev–Trinajstić information content (AvgIpc) is 2.26. The van der Waals surface area contributed by atoms with Crippen LogP contribution in [0.4, 0.5) is 0 Å². The van der Waals surface area contributed by atoms with E-state index in [1.807, 2.05) is 18.2 Å². The minimum atomic E-state index is -0.495. The van der Waals surface area contributed by atoms with Gasteiger partial charge in [-0.1, -0.05) is 42.0 Å². The summed E-state index contributed by atoms with van der Waals surface area (Å²) in [5.74, 6) is -0.743.